The number of carbonyl (C=O) groups excluding carboxylic acids is 1. The number of benzene rings is 2. The fraction of sp³-hybridized carbons (Fsp3) is 0.100. The Morgan fingerprint density at radius 2 is 1.89 bits per heavy atom. The molecule has 0 unspecified atom stereocenters. The highest BCUT2D eigenvalue weighted by atomic mass is 19.1. The molecule has 27 heavy (non-hydrogen) atoms. The van der Waals surface area contributed by atoms with Crippen LogP contribution in [-0.2, 0) is 6.61 Å². The van der Waals surface area contributed by atoms with Gasteiger partial charge in [-0.15, -0.1) is 0 Å². The van der Waals surface area contributed by atoms with Gasteiger partial charge < -0.3 is 18.6 Å². The minimum absolute atomic E-state index is 0.0147. The molecule has 136 valence electrons. The molecule has 0 radical (unpaired) electrons. The Kier molecular flexibility index (Phi) is 5.38. The van der Waals surface area contributed by atoms with E-state index in [4.69, 9.17) is 23.9 Å². The van der Waals surface area contributed by atoms with Crippen LogP contribution in [0.4, 0.5) is 4.39 Å². The molecule has 0 bridgehead atoms. The van der Waals surface area contributed by atoms with Crippen molar-refractivity contribution in [2.45, 2.75) is 6.61 Å². The Morgan fingerprint density at radius 3 is 2.59 bits per heavy atom. The lowest BCUT2D eigenvalue weighted by molar-refractivity contribution is 0.0692. The first-order valence-corrected chi connectivity index (χ1v) is 7.86. The van der Waals surface area contributed by atoms with Crippen LogP contribution in [-0.4, -0.2) is 13.1 Å². The van der Waals surface area contributed by atoms with Gasteiger partial charge in [0.05, 0.1) is 18.7 Å². The number of carbonyl (C=O) groups is 1. The van der Waals surface area contributed by atoms with Crippen molar-refractivity contribution in [3.63, 3.8) is 0 Å². The van der Waals surface area contributed by atoms with E-state index in [9.17, 15) is 9.18 Å². The monoisotopic (exact) mass is 367 g/mol. The molecule has 0 amide bonds. The van der Waals surface area contributed by atoms with Crippen molar-refractivity contribution in [1.82, 2.24) is 0 Å². The smallest absolute Gasteiger partial charge is 0.379 e. The van der Waals surface area contributed by atoms with Gasteiger partial charge in [-0.25, -0.2) is 9.18 Å². The summed E-state index contributed by atoms with van der Waals surface area (Å²) in [6.07, 6.45) is 0. The molecule has 2 aromatic carbocycles. The number of hydrogen-bond acceptors (Lipinski definition) is 6. The Balaban J connectivity index is 1.65. The van der Waals surface area contributed by atoms with Crippen LogP contribution in [0.15, 0.2) is 59.0 Å². The van der Waals surface area contributed by atoms with Crippen LogP contribution in [0.25, 0.3) is 0 Å². The zero-order chi connectivity index (χ0) is 19.2. The second kappa shape index (κ2) is 8.06. The zero-order valence-corrected chi connectivity index (χ0v) is 14.3. The fourth-order valence-electron chi connectivity index (χ4n) is 2.22. The summed E-state index contributed by atoms with van der Waals surface area (Å²) in [7, 11) is 1.41. The van der Waals surface area contributed by atoms with Crippen LogP contribution in [0.2, 0.25) is 0 Å². The number of halogens is 1. The highest BCUT2D eigenvalue weighted by Gasteiger charge is 2.17. The molecule has 0 aliphatic carbocycles. The summed E-state index contributed by atoms with van der Waals surface area (Å²) in [5.41, 5.74) is 0.380. The average molecular weight is 367 g/mol. The quantitative estimate of drug-likeness (QED) is 0.482. The highest BCUT2D eigenvalue weighted by Crippen LogP contribution is 2.28. The van der Waals surface area contributed by atoms with E-state index in [1.54, 1.807) is 6.07 Å². The van der Waals surface area contributed by atoms with E-state index in [2.05, 4.69) is 0 Å². The van der Waals surface area contributed by atoms with Crippen LogP contribution in [0.1, 0.15) is 21.9 Å². The third-order valence-electron chi connectivity index (χ3n) is 3.55. The average Bonchev–Trinajstić information content (AvgIpc) is 3.17. The summed E-state index contributed by atoms with van der Waals surface area (Å²) in [5.74, 6) is 0.210. The summed E-state index contributed by atoms with van der Waals surface area (Å²) in [5, 5.41) is 8.90. The van der Waals surface area contributed by atoms with Gasteiger partial charge in [0.2, 0.25) is 5.76 Å². The molecular formula is C20H14FNO5. The first-order chi connectivity index (χ1) is 13.1. The molecule has 0 N–H and O–H groups in total. The number of hydrogen-bond donors (Lipinski definition) is 0. The summed E-state index contributed by atoms with van der Waals surface area (Å²) in [6.45, 7) is 0.0686. The maximum Gasteiger partial charge on any atom is 0.379 e. The first kappa shape index (κ1) is 18.0. The molecule has 1 aromatic heterocycles. The van der Waals surface area contributed by atoms with Crippen LogP contribution in [0.3, 0.4) is 0 Å². The summed E-state index contributed by atoms with van der Waals surface area (Å²) < 4.78 is 34.1. The lowest BCUT2D eigenvalue weighted by atomic mass is 10.2. The Bertz CT molecular complexity index is 988. The largest absolute Gasteiger partial charge is 0.493 e. The minimum atomic E-state index is -0.717. The molecule has 0 atom stereocenters. The molecule has 6 nitrogen and oxygen atoms in total. The lowest BCUT2D eigenvalue weighted by Gasteiger charge is -2.08. The topological polar surface area (TPSA) is 81.7 Å². The summed E-state index contributed by atoms with van der Waals surface area (Å²) >= 11 is 0. The molecule has 1 heterocycles. The van der Waals surface area contributed by atoms with Gasteiger partial charge in [0.15, 0.2) is 11.5 Å². The third-order valence-corrected chi connectivity index (χ3v) is 3.55. The molecular weight excluding hydrogens is 353 g/mol. The van der Waals surface area contributed by atoms with Crippen LogP contribution < -0.4 is 14.2 Å². The van der Waals surface area contributed by atoms with E-state index in [0.717, 1.165) is 0 Å². The van der Waals surface area contributed by atoms with E-state index in [-0.39, 0.29) is 29.7 Å². The number of nitriles is 1. The maximum atomic E-state index is 12.9. The maximum absolute atomic E-state index is 12.9. The van der Waals surface area contributed by atoms with E-state index in [1.807, 2.05) is 6.07 Å². The zero-order valence-electron chi connectivity index (χ0n) is 14.3. The normalized spacial score (nSPS) is 10.1. The van der Waals surface area contributed by atoms with Crippen molar-refractivity contribution in [1.29, 1.82) is 5.26 Å². The van der Waals surface area contributed by atoms with Crippen molar-refractivity contribution in [3.05, 3.63) is 77.5 Å². The van der Waals surface area contributed by atoms with E-state index in [0.29, 0.717) is 17.1 Å². The fourth-order valence-corrected chi connectivity index (χ4v) is 2.22. The molecule has 0 saturated carbocycles. The van der Waals surface area contributed by atoms with Gasteiger partial charge in [-0.05, 0) is 48.5 Å². The van der Waals surface area contributed by atoms with Crippen molar-refractivity contribution >= 4 is 5.97 Å². The molecule has 0 aliphatic heterocycles. The standard InChI is InChI=1S/C20H14FNO5/c1-24-19-10-13(11-22)2-8-17(19)27-20(23)18-9-7-16(26-18)12-25-15-5-3-14(21)4-6-15/h2-10H,12H2,1H3. The number of rotatable bonds is 6. The Hall–Kier alpha value is -3.79. The van der Waals surface area contributed by atoms with E-state index >= 15 is 0 Å². The minimum Gasteiger partial charge on any atom is -0.493 e. The first-order valence-electron chi connectivity index (χ1n) is 7.86. The lowest BCUT2D eigenvalue weighted by Crippen LogP contribution is -2.08. The van der Waals surface area contributed by atoms with Gasteiger partial charge >= 0.3 is 5.97 Å². The van der Waals surface area contributed by atoms with Gasteiger partial charge in [0.1, 0.15) is 23.9 Å². The summed E-state index contributed by atoms with van der Waals surface area (Å²) in [4.78, 5) is 12.2. The number of ether oxygens (including phenoxy) is 3. The highest BCUT2D eigenvalue weighted by molar-refractivity contribution is 5.88. The SMILES string of the molecule is COc1cc(C#N)ccc1OC(=O)c1ccc(COc2ccc(F)cc2)o1. The predicted molar refractivity (Wildman–Crippen MR) is 92.1 cm³/mol. The molecule has 0 fully saturated rings. The van der Waals surface area contributed by atoms with Gasteiger partial charge in [-0.3, -0.25) is 0 Å². The Morgan fingerprint density at radius 1 is 1.11 bits per heavy atom. The van der Waals surface area contributed by atoms with E-state index in [1.165, 1.54) is 55.6 Å². The van der Waals surface area contributed by atoms with Crippen molar-refractivity contribution in [3.8, 4) is 23.3 Å². The van der Waals surface area contributed by atoms with Gasteiger partial charge in [-0.1, -0.05) is 0 Å². The molecule has 3 rings (SSSR count). The van der Waals surface area contributed by atoms with Crippen molar-refractivity contribution < 1.29 is 27.8 Å². The van der Waals surface area contributed by atoms with Crippen LogP contribution in [0, 0.1) is 17.1 Å². The second-order valence-corrected chi connectivity index (χ2v) is 5.38. The van der Waals surface area contributed by atoms with Crippen molar-refractivity contribution in [2.75, 3.05) is 7.11 Å². The van der Waals surface area contributed by atoms with Gasteiger partial charge in [0, 0.05) is 6.07 Å². The molecule has 0 aliphatic rings. The molecule has 0 spiro atoms. The Labute approximate surface area is 154 Å². The van der Waals surface area contributed by atoms with Crippen LogP contribution in [0.5, 0.6) is 17.2 Å². The number of furan rings is 1. The molecule has 7 heteroatoms. The van der Waals surface area contributed by atoms with Crippen molar-refractivity contribution in [2.24, 2.45) is 0 Å². The number of methoxy groups -OCH3 is 1. The predicted octanol–water partition coefficient (Wildman–Crippen LogP) is 4.10. The number of esters is 1. The molecule has 3 aromatic rings. The third kappa shape index (κ3) is 4.44. The van der Waals surface area contributed by atoms with Crippen LogP contribution >= 0.6 is 0 Å². The van der Waals surface area contributed by atoms with E-state index < -0.39 is 5.97 Å². The second-order valence-electron chi connectivity index (χ2n) is 5.38. The van der Waals surface area contributed by atoms with Gasteiger partial charge in [-0.2, -0.15) is 5.26 Å². The summed E-state index contributed by atoms with van der Waals surface area (Å²) in [6, 6.07) is 15.0. The number of nitrogens with zero attached hydrogens (tertiary/aromatic N) is 1. The molecule has 0 saturated heterocycles. The van der Waals surface area contributed by atoms with Gasteiger partial charge in [0.25, 0.3) is 0 Å².